The molecule has 0 fully saturated rings. The van der Waals surface area contributed by atoms with Gasteiger partial charge in [-0.15, -0.1) is 0 Å². The van der Waals surface area contributed by atoms with Crippen LogP contribution < -0.4 is 15.7 Å². The number of anilines is 1. The van der Waals surface area contributed by atoms with E-state index in [1.54, 1.807) is 13.2 Å². The fourth-order valence-electron chi connectivity index (χ4n) is 2.23. The van der Waals surface area contributed by atoms with E-state index < -0.39 is 0 Å². The number of ether oxygens (including phenoxy) is 1. The summed E-state index contributed by atoms with van der Waals surface area (Å²) in [6.07, 6.45) is 0. The van der Waals surface area contributed by atoms with Crippen molar-refractivity contribution in [1.29, 1.82) is 0 Å². The van der Waals surface area contributed by atoms with Crippen LogP contribution in [-0.4, -0.2) is 17.1 Å². The smallest absolute Gasteiger partial charge is 0.323 e. The summed E-state index contributed by atoms with van der Waals surface area (Å²) in [7, 11) is 1.63. The van der Waals surface area contributed by atoms with Crippen molar-refractivity contribution >= 4 is 28.3 Å². The third-order valence-corrected chi connectivity index (χ3v) is 3.48. The first-order valence-corrected chi connectivity index (χ1v) is 6.82. The molecule has 3 N–H and O–H groups in total. The van der Waals surface area contributed by atoms with Crippen molar-refractivity contribution in [2.45, 2.75) is 6.54 Å². The molecule has 3 aromatic rings. The Bertz CT molecular complexity index is 838. The molecule has 21 heavy (non-hydrogen) atoms. The Morgan fingerprint density at radius 1 is 1.14 bits per heavy atom. The van der Waals surface area contributed by atoms with Crippen LogP contribution in [0.1, 0.15) is 5.56 Å². The number of imidazole rings is 1. The monoisotopic (exact) mass is 303 g/mol. The maximum atomic E-state index is 11.2. The number of aromatic nitrogens is 2. The van der Waals surface area contributed by atoms with Crippen LogP contribution in [-0.2, 0) is 6.54 Å². The molecule has 2 aromatic carbocycles. The first kappa shape index (κ1) is 13.6. The van der Waals surface area contributed by atoms with E-state index in [1.807, 2.05) is 30.3 Å². The van der Waals surface area contributed by atoms with Crippen LogP contribution in [0.2, 0.25) is 5.02 Å². The maximum Gasteiger partial charge on any atom is 0.323 e. The molecule has 6 heteroatoms. The van der Waals surface area contributed by atoms with Crippen LogP contribution in [0.5, 0.6) is 5.75 Å². The number of fused-ring (bicyclic) bond motifs is 1. The van der Waals surface area contributed by atoms with Crippen LogP contribution in [0.4, 0.5) is 5.69 Å². The van der Waals surface area contributed by atoms with Gasteiger partial charge in [-0.2, -0.15) is 0 Å². The minimum Gasteiger partial charge on any atom is -0.496 e. The molecule has 3 rings (SSSR count). The number of hydrogen-bond acceptors (Lipinski definition) is 3. The molecule has 0 saturated heterocycles. The summed E-state index contributed by atoms with van der Waals surface area (Å²) in [6.45, 7) is 0.573. The molecular formula is C15H14ClN3O2. The van der Waals surface area contributed by atoms with Gasteiger partial charge in [-0.3, -0.25) is 0 Å². The summed E-state index contributed by atoms with van der Waals surface area (Å²) in [6, 6.07) is 11.1. The quantitative estimate of drug-likeness (QED) is 0.693. The largest absolute Gasteiger partial charge is 0.496 e. The Morgan fingerprint density at radius 3 is 2.76 bits per heavy atom. The van der Waals surface area contributed by atoms with E-state index in [9.17, 15) is 4.79 Å². The van der Waals surface area contributed by atoms with Crippen LogP contribution in [0.25, 0.3) is 11.0 Å². The van der Waals surface area contributed by atoms with Gasteiger partial charge in [0.15, 0.2) is 0 Å². The van der Waals surface area contributed by atoms with Gasteiger partial charge in [-0.05, 0) is 36.4 Å². The van der Waals surface area contributed by atoms with Crippen molar-refractivity contribution in [3.8, 4) is 5.75 Å². The molecule has 0 atom stereocenters. The van der Waals surface area contributed by atoms with Gasteiger partial charge in [-0.1, -0.05) is 11.6 Å². The third-order valence-electron chi connectivity index (χ3n) is 3.24. The molecule has 0 spiro atoms. The molecule has 108 valence electrons. The standard InChI is InChI=1S/C15H14ClN3O2/c1-21-14-5-2-10(16)6-9(14)8-17-11-3-4-12-13(7-11)19-15(20)18-12/h2-7,17H,8H2,1H3,(H2,18,19,20). The first-order chi connectivity index (χ1) is 10.2. The number of halogens is 1. The summed E-state index contributed by atoms with van der Waals surface area (Å²) in [5, 5.41) is 3.95. The minimum absolute atomic E-state index is 0.210. The normalized spacial score (nSPS) is 10.8. The number of hydrogen-bond donors (Lipinski definition) is 3. The van der Waals surface area contributed by atoms with Crippen LogP contribution in [0.15, 0.2) is 41.2 Å². The van der Waals surface area contributed by atoms with Gasteiger partial charge >= 0.3 is 5.69 Å². The molecule has 0 amide bonds. The van der Waals surface area contributed by atoms with Crippen LogP contribution in [0, 0.1) is 0 Å². The van der Waals surface area contributed by atoms with Gasteiger partial charge in [0, 0.05) is 22.8 Å². The molecule has 0 radical (unpaired) electrons. The number of aromatic amines is 2. The lowest BCUT2D eigenvalue weighted by Crippen LogP contribution is -2.01. The van der Waals surface area contributed by atoms with Crippen molar-refractivity contribution < 1.29 is 4.74 Å². The Hall–Kier alpha value is -2.40. The summed E-state index contributed by atoms with van der Waals surface area (Å²) < 4.78 is 5.31. The SMILES string of the molecule is COc1ccc(Cl)cc1CNc1ccc2[nH]c(=O)[nH]c2c1. The summed E-state index contributed by atoms with van der Waals surface area (Å²) in [4.78, 5) is 16.7. The van der Waals surface area contributed by atoms with Gasteiger partial charge in [-0.25, -0.2) is 4.79 Å². The van der Waals surface area contributed by atoms with E-state index in [0.717, 1.165) is 28.0 Å². The molecule has 0 bridgehead atoms. The average Bonchev–Trinajstić information content (AvgIpc) is 2.84. The van der Waals surface area contributed by atoms with Gasteiger partial charge in [0.25, 0.3) is 0 Å². The third kappa shape index (κ3) is 2.87. The van der Waals surface area contributed by atoms with Gasteiger partial charge < -0.3 is 20.0 Å². The number of nitrogens with one attached hydrogen (secondary N) is 3. The van der Waals surface area contributed by atoms with Gasteiger partial charge in [0.1, 0.15) is 5.75 Å². The van der Waals surface area contributed by atoms with E-state index in [1.165, 1.54) is 0 Å². The zero-order valence-corrected chi connectivity index (χ0v) is 12.1. The van der Waals surface area contributed by atoms with E-state index in [2.05, 4.69) is 15.3 Å². The second-order valence-corrected chi connectivity index (χ2v) is 5.09. The van der Waals surface area contributed by atoms with Crippen molar-refractivity contribution in [1.82, 2.24) is 9.97 Å². The Kier molecular flexibility index (Phi) is 3.58. The molecule has 1 heterocycles. The number of rotatable bonds is 4. The van der Waals surface area contributed by atoms with Gasteiger partial charge in [0.05, 0.1) is 18.1 Å². The maximum absolute atomic E-state index is 11.2. The average molecular weight is 304 g/mol. The number of benzene rings is 2. The number of methoxy groups -OCH3 is 1. The highest BCUT2D eigenvalue weighted by Gasteiger charge is 2.05. The van der Waals surface area contributed by atoms with Crippen molar-refractivity contribution in [3.63, 3.8) is 0 Å². The van der Waals surface area contributed by atoms with Crippen LogP contribution >= 0.6 is 11.6 Å². The Labute approximate surface area is 125 Å². The fraction of sp³-hybridized carbons (Fsp3) is 0.133. The summed E-state index contributed by atoms with van der Waals surface area (Å²) in [5.74, 6) is 0.781. The van der Waals surface area contributed by atoms with E-state index in [4.69, 9.17) is 16.3 Å². The highest BCUT2D eigenvalue weighted by molar-refractivity contribution is 6.30. The molecule has 0 aliphatic rings. The topological polar surface area (TPSA) is 69.9 Å². The second-order valence-electron chi connectivity index (χ2n) is 4.65. The van der Waals surface area contributed by atoms with E-state index in [-0.39, 0.29) is 5.69 Å². The molecule has 5 nitrogen and oxygen atoms in total. The lowest BCUT2D eigenvalue weighted by atomic mass is 10.2. The highest BCUT2D eigenvalue weighted by atomic mass is 35.5. The van der Waals surface area contributed by atoms with E-state index >= 15 is 0 Å². The van der Waals surface area contributed by atoms with Crippen molar-refractivity contribution in [2.24, 2.45) is 0 Å². The van der Waals surface area contributed by atoms with Crippen molar-refractivity contribution in [3.05, 3.63) is 57.5 Å². The zero-order valence-electron chi connectivity index (χ0n) is 11.4. The molecule has 1 aromatic heterocycles. The first-order valence-electron chi connectivity index (χ1n) is 6.44. The molecule has 0 aliphatic carbocycles. The predicted molar refractivity (Wildman–Crippen MR) is 84.3 cm³/mol. The predicted octanol–water partition coefficient (Wildman–Crippen LogP) is 3.13. The molecular weight excluding hydrogens is 290 g/mol. The Morgan fingerprint density at radius 2 is 1.95 bits per heavy atom. The van der Waals surface area contributed by atoms with Crippen molar-refractivity contribution in [2.75, 3.05) is 12.4 Å². The molecule has 0 unspecified atom stereocenters. The second kappa shape index (κ2) is 5.54. The zero-order chi connectivity index (χ0) is 14.8. The van der Waals surface area contributed by atoms with Gasteiger partial charge in [0.2, 0.25) is 0 Å². The summed E-state index contributed by atoms with van der Waals surface area (Å²) in [5.41, 5.74) is 3.21. The lowest BCUT2D eigenvalue weighted by molar-refractivity contribution is 0.410. The number of H-pyrrole nitrogens is 2. The fourth-order valence-corrected chi connectivity index (χ4v) is 2.42. The Balaban J connectivity index is 1.82. The molecule has 0 saturated carbocycles. The highest BCUT2D eigenvalue weighted by Crippen LogP contribution is 2.24. The van der Waals surface area contributed by atoms with Crippen LogP contribution in [0.3, 0.4) is 0 Å². The summed E-state index contributed by atoms with van der Waals surface area (Å²) >= 11 is 6.01. The molecule has 0 aliphatic heterocycles. The van der Waals surface area contributed by atoms with E-state index in [0.29, 0.717) is 11.6 Å². The minimum atomic E-state index is -0.210. The lowest BCUT2D eigenvalue weighted by Gasteiger charge is -2.11.